The summed E-state index contributed by atoms with van der Waals surface area (Å²) < 4.78 is 0. The molecule has 0 aliphatic heterocycles. The zero-order chi connectivity index (χ0) is 10.7. The average Bonchev–Trinajstić information content (AvgIpc) is 2.74. The van der Waals surface area contributed by atoms with Crippen molar-refractivity contribution in [2.45, 2.75) is 0 Å². The molecule has 2 aromatic heterocycles. The van der Waals surface area contributed by atoms with Gasteiger partial charge < -0.3 is 5.32 Å². The van der Waals surface area contributed by atoms with Crippen molar-refractivity contribution in [1.82, 2.24) is 15.0 Å². The topological polar surface area (TPSA) is 67.8 Å². The van der Waals surface area contributed by atoms with Gasteiger partial charge in [-0.1, -0.05) is 11.6 Å². The van der Waals surface area contributed by atoms with Gasteiger partial charge in [-0.2, -0.15) is 0 Å². The second-order valence-corrected chi connectivity index (χ2v) is 3.60. The number of hydrogen-bond donors (Lipinski definition) is 1. The van der Waals surface area contributed by atoms with E-state index in [1.807, 2.05) is 0 Å². The average molecular weight is 241 g/mol. The number of anilines is 1. The number of aromatic nitrogens is 3. The van der Waals surface area contributed by atoms with Crippen molar-refractivity contribution in [3.05, 3.63) is 34.1 Å². The van der Waals surface area contributed by atoms with Crippen molar-refractivity contribution in [3.8, 4) is 0 Å². The summed E-state index contributed by atoms with van der Waals surface area (Å²) in [7, 11) is 0. The van der Waals surface area contributed by atoms with E-state index in [1.54, 1.807) is 10.9 Å². The minimum absolute atomic E-state index is 0.154. The number of hydrogen-bond acceptors (Lipinski definition) is 5. The molecule has 0 fully saturated rings. The molecule has 0 bridgehead atoms. The summed E-state index contributed by atoms with van der Waals surface area (Å²) >= 11 is 7.07. The standard InChI is InChI=1S/C8H5ClN4OS/c9-6-7(11-2-1-10-6)13-8(14)5-3-15-4-12-5/h1-4H,(H,11,13,14). The summed E-state index contributed by atoms with van der Waals surface area (Å²) in [6.45, 7) is 0. The van der Waals surface area contributed by atoms with Gasteiger partial charge >= 0.3 is 0 Å². The fourth-order valence-corrected chi connectivity index (χ4v) is 1.59. The van der Waals surface area contributed by atoms with E-state index in [0.717, 1.165) is 0 Å². The van der Waals surface area contributed by atoms with Crippen molar-refractivity contribution in [1.29, 1.82) is 0 Å². The number of nitrogens with zero attached hydrogens (tertiary/aromatic N) is 3. The molecular formula is C8H5ClN4OS. The molecule has 1 N–H and O–H groups in total. The fourth-order valence-electron chi connectivity index (χ4n) is 0.901. The molecule has 0 saturated heterocycles. The molecule has 2 rings (SSSR count). The van der Waals surface area contributed by atoms with Crippen LogP contribution >= 0.6 is 22.9 Å². The molecular weight excluding hydrogens is 236 g/mol. The Labute approximate surface area is 94.2 Å². The molecule has 0 radical (unpaired) electrons. The van der Waals surface area contributed by atoms with Crippen LogP contribution in [-0.2, 0) is 0 Å². The molecule has 0 aliphatic rings. The lowest BCUT2D eigenvalue weighted by molar-refractivity contribution is 0.102. The van der Waals surface area contributed by atoms with Crippen LogP contribution in [0.3, 0.4) is 0 Å². The van der Waals surface area contributed by atoms with Gasteiger partial charge in [-0.25, -0.2) is 15.0 Å². The highest BCUT2D eigenvalue weighted by molar-refractivity contribution is 7.07. The Morgan fingerprint density at radius 1 is 1.33 bits per heavy atom. The number of rotatable bonds is 2. The van der Waals surface area contributed by atoms with E-state index in [1.165, 1.54) is 23.7 Å². The Morgan fingerprint density at radius 3 is 2.80 bits per heavy atom. The van der Waals surface area contributed by atoms with E-state index in [-0.39, 0.29) is 16.9 Å². The van der Waals surface area contributed by atoms with Crippen LogP contribution in [0, 0.1) is 0 Å². The first kappa shape index (κ1) is 10.0. The smallest absolute Gasteiger partial charge is 0.276 e. The van der Waals surface area contributed by atoms with Crippen LogP contribution in [0.2, 0.25) is 5.15 Å². The van der Waals surface area contributed by atoms with E-state index in [2.05, 4.69) is 20.3 Å². The van der Waals surface area contributed by atoms with E-state index in [4.69, 9.17) is 11.6 Å². The maximum Gasteiger partial charge on any atom is 0.276 e. The summed E-state index contributed by atoms with van der Waals surface area (Å²) in [4.78, 5) is 23.1. The van der Waals surface area contributed by atoms with Crippen LogP contribution in [0.4, 0.5) is 5.82 Å². The second kappa shape index (κ2) is 4.33. The zero-order valence-electron chi connectivity index (χ0n) is 7.35. The summed E-state index contributed by atoms with van der Waals surface area (Å²) in [6, 6.07) is 0. The van der Waals surface area contributed by atoms with Gasteiger partial charge in [-0.05, 0) is 0 Å². The Hall–Kier alpha value is -1.53. The first-order valence-corrected chi connectivity index (χ1v) is 5.25. The lowest BCUT2D eigenvalue weighted by Crippen LogP contribution is -2.13. The van der Waals surface area contributed by atoms with Crippen LogP contribution in [0.1, 0.15) is 10.5 Å². The van der Waals surface area contributed by atoms with E-state index in [9.17, 15) is 4.79 Å². The quantitative estimate of drug-likeness (QED) is 0.870. The zero-order valence-corrected chi connectivity index (χ0v) is 8.92. The summed E-state index contributed by atoms with van der Waals surface area (Å²) in [5.41, 5.74) is 1.91. The molecule has 0 aromatic carbocycles. The highest BCUT2D eigenvalue weighted by Gasteiger charge is 2.10. The van der Waals surface area contributed by atoms with Crippen LogP contribution < -0.4 is 5.32 Å². The SMILES string of the molecule is O=C(Nc1nccnc1Cl)c1cscn1. The molecule has 0 saturated carbocycles. The Balaban J connectivity index is 2.17. The van der Waals surface area contributed by atoms with Gasteiger partial charge in [0.1, 0.15) is 5.69 Å². The van der Waals surface area contributed by atoms with Crippen LogP contribution in [0.25, 0.3) is 0 Å². The third-order valence-electron chi connectivity index (χ3n) is 1.55. The number of thiazole rings is 1. The van der Waals surface area contributed by atoms with E-state index < -0.39 is 0 Å². The van der Waals surface area contributed by atoms with Crippen molar-refractivity contribution >= 4 is 34.7 Å². The third-order valence-corrected chi connectivity index (χ3v) is 2.41. The largest absolute Gasteiger partial charge is 0.303 e. The number of nitrogens with one attached hydrogen (secondary N) is 1. The number of amides is 1. The second-order valence-electron chi connectivity index (χ2n) is 2.52. The fraction of sp³-hybridized carbons (Fsp3) is 0. The van der Waals surface area contributed by atoms with Crippen molar-refractivity contribution in [3.63, 3.8) is 0 Å². The predicted molar refractivity (Wildman–Crippen MR) is 57.1 cm³/mol. The third kappa shape index (κ3) is 2.28. The molecule has 7 heteroatoms. The summed E-state index contributed by atoms with van der Waals surface area (Å²) in [5, 5.41) is 4.30. The molecule has 15 heavy (non-hydrogen) atoms. The Bertz CT molecular complexity index is 473. The Kier molecular flexibility index (Phi) is 2.89. The molecule has 0 spiro atoms. The maximum absolute atomic E-state index is 11.5. The molecule has 0 aliphatic carbocycles. The first-order chi connectivity index (χ1) is 7.27. The Morgan fingerprint density at radius 2 is 2.13 bits per heavy atom. The van der Waals surface area contributed by atoms with Gasteiger partial charge in [0.05, 0.1) is 5.51 Å². The highest BCUT2D eigenvalue weighted by atomic mass is 35.5. The molecule has 2 heterocycles. The van der Waals surface area contributed by atoms with Gasteiger partial charge in [0, 0.05) is 17.8 Å². The molecule has 0 atom stereocenters. The van der Waals surface area contributed by atoms with E-state index >= 15 is 0 Å². The lowest BCUT2D eigenvalue weighted by atomic mass is 10.4. The van der Waals surface area contributed by atoms with Crippen molar-refractivity contribution < 1.29 is 4.79 Å². The van der Waals surface area contributed by atoms with Gasteiger partial charge in [-0.15, -0.1) is 11.3 Å². The highest BCUT2D eigenvalue weighted by Crippen LogP contribution is 2.15. The van der Waals surface area contributed by atoms with Gasteiger partial charge in [0.2, 0.25) is 0 Å². The number of carbonyl (C=O) groups excluding carboxylic acids is 1. The molecule has 1 amide bonds. The summed E-state index contributed by atoms with van der Waals surface area (Å²) in [5.74, 6) is -0.115. The minimum Gasteiger partial charge on any atom is -0.303 e. The van der Waals surface area contributed by atoms with E-state index in [0.29, 0.717) is 5.69 Å². The number of carbonyl (C=O) groups is 1. The first-order valence-electron chi connectivity index (χ1n) is 3.93. The normalized spacial score (nSPS) is 9.93. The summed E-state index contributed by atoms with van der Waals surface area (Å²) in [6.07, 6.45) is 2.89. The minimum atomic E-state index is -0.348. The predicted octanol–water partition coefficient (Wildman–Crippen LogP) is 1.84. The van der Waals surface area contributed by atoms with Gasteiger partial charge in [0.15, 0.2) is 11.0 Å². The van der Waals surface area contributed by atoms with Crippen molar-refractivity contribution in [2.75, 3.05) is 5.32 Å². The monoisotopic (exact) mass is 240 g/mol. The molecule has 5 nitrogen and oxygen atoms in total. The van der Waals surface area contributed by atoms with Crippen LogP contribution in [0.15, 0.2) is 23.3 Å². The van der Waals surface area contributed by atoms with Crippen LogP contribution in [-0.4, -0.2) is 20.9 Å². The van der Waals surface area contributed by atoms with Crippen molar-refractivity contribution in [2.24, 2.45) is 0 Å². The van der Waals surface area contributed by atoms with Gasteiger partial charge in [-0.3, -0.25) is 4.79 Å². The molecule has 76 valence electrons. The van der Waals surface area contributed by atoms with Gasteiger partial charge in [0.25, 0.3) is 5.91 Å². The molecule has 0 unspecified atom stereocenters. The van der Waals surface area contributed by atoms with Crippen LogP contribution in [0.5, 0.6) is 0 Å². The number of halogens is 1. The lowest BCUT2D eigenvalue weighted by Gasteiger charge is -2.02. The maximum atomic E-state index is 11.5. The molecule has 2 aromatic rings.